The number of thioether (sulfide) groups is 1. The number of nitrogens with one attached hydrogen (secondary N) is 1. The molecule has 1 aliphatic heterocycles. The van der Waals surface area contributed by atoms with E-state index in [4.69, 9.17) is 5.73 Å². The topological polar surface area (TPSA) is 105 Å². The molecule has 0 aliphatic carbocycles. The van der Waals surface area contributed by atoms with Crippen molar-refractivity contribution >= 4 is 46.3 Å². The number of pyridine rings is 1. The number of hydrogen-bond donors (Lipinski definition) is 2. The molecule has 1 saturated heterocycles. The summed E-state index contributed by atoms with van der Waals surface area (Å²) in [4.78, 5) is 42.9. The fourth-order valence-corrected chi connectivity index (χ4v) is 3.87. The summed E-state index contributed by atoms with van der Waals surface area (Å²) in [6, 6.07) is 13.7. The zero-order valence-electron chi connectivity index (χ0n) is 16.6. The Labute approximate surface area is 187 Å². The van der Waals surface area contributed by atoms with Gasteiger partial charge in [0.25, 0.3) is 17.1 Å². The lowest BCUT2D eigenvalue weighted by Crippen LogP contribution is -2.27. The Morgan fingerprint density at radius 3 is 2.62 bits per heavy atom. The summed E-state index contributed by atoms with van der Waals surface area (Å²) in [5.41, 5.74) is 7.91. The standard InChI is InChI=1S/C23H17FN4O3S/c24-17-7-8-19(18(25)11-17)27-21(29)16-5-3-14(4-6-16)13-28-22(30)20(32-23(28)31)10-15-2-1-9-26-12-15/h1-12H,13,25H2,(H,27,29). The van der Waals surface area contributed by atoms with Gasteiger partial charge in [-0.2, -0.15) is 0 Å². The highest BCUT2D eigenvalue weighted by Crippen LogP contribution is 2.33. The summed E-state index contributed by atoms with van der Waals surface area (Å²) in [5.74, 6) is -1.29. The number of halogens is 1. The number of amides is 3. The molecular formula is C23H17FN4O3S. The van der Waals surface area contributed by atoms with E-state index in [9.17, 15) is 18.8 Å². The van der Waals surface area contributed by atoms with Crippen LogP contribution in [0.2, 0.25) is 0 Å². The number of nitrogen functional groups attached to an aromatic ring is 1. The molecule has 9 heteroatoms. The summed E-state index contributed by atoms with van der Waals surface area (Å²) in [7, 11) is 0. The molecule has 160 valence electrons. The Hall–Kier alpha value is -3.98. The normalized spacial score (nSPS) is 14.8. The van der Waals surface area contributed by atoms with E-state index in [1.807, 2.05) is 0 Å². The second-order valence-electron chi connectivity index (χ2n) is 6.94. The van der Waals surface area contributed by atoms with E-state index in [1.165, 1.54) is 12.1 Å². The van der Waals surface area contributed by atoms with Crippen LogP contribution in [0.3, 0.4) is 0 Å². The molecule has 0 atom stereocenters. The van der Waals surface area contributed by atoms with Crippen molar-refractivity contribution in [2.75, 3.05) is 11.1 Å². The first-order valence-corrected chi connectivity index (χ1v) is 10.3. The van der Waals surface area contributed by atoms with Crippen molar-refractivity contribution in [1.82, 2.24) is 9.88 Å². The largest absolute Gasteiger partial charge is 0.397 e. The van der Waals surface area contributed by atoms with Gasteiger partial charge in [-0.3, -0.25) is 24.3 Å². The van der Waals surface area contributed by atoms with Gasteiger partial charge in [0.15, 0.2) is 0 Å². The van der Waals surface area contributed by atoms with E-state index >= 15 is 0 Å². The van der Waals surface area contributed by atoms with E-state index in [2.05, 4.69) is 10.3 Å². The molecule has 1 fully saturated rings. The number of carbonyl (C=O) groups is 3. The van der Waals surface area contributed by atoms with Gasteiger partial charge >= 0.3 is 0 Å². The molecule has 2 aromatic carbocycles. The first-order valence-electron chi connectivity index (χ1n) is 9.51. The number of nitrogens with zero attached hydrogens (tertiary/aromatic N) is 2. The monoisotopic (exact) mass is 448 g/mol. The maximum Gasteiger partial charge on any atom is 0.293 e. The summed E-state index contributed by atoms with van der Waals surface area (Å²) < 4.78 is 13.2. The van der Waals surface area contributed by atoms with E-state index in [1.54, 1.807) is 54.9 Å². The Kier molecular flexibility index (Phi) is 6.00. The minimum Gasteiger partial charge on any atom is -0.397 e. The lowest BCUT2D eigenvalue weighted by molar-refractivity contribution is -0.123. The number of nitrogens with two attached hydrogens (primary N) is 1. The van der Waals surface area contributed by atoms with Crippen molar-refractivity contribution in [2.45, 2.75) is 6.54 Å². The molecule has 32 heavy (non-hydrogen) atoms. The van der Waals surface area contributed by atoms with Gasteiger partial charge in [-0.1, -0.05) is 18.2 Å². The number of anilines is 2. The lowest BCUT2D eigenvalue weighted by Gasteiger charge is -2.13. The molecule has 0 saturated carbocycles. The number of benzene rings is 2. The molecule has 3 N–H and O–H groups in total. The summed E-state index contributed by atoms with van der Waals surface area (Å²) >= 11 is 0.876. The second-order valence-corrected chi connectivity index (χ2v) is 7.93. The molecule has 2 heterocycles. The van der Waals surface area contributed by atoms with Crippen molar-refractivity contribution < 1.29 is 18.8 Å². The first kappa shape index (κ1) is 21.3. The summed E-state index contributed by atoms with van der Waals surface area (Å²) in [6.07, 6.45) is 4.87. The van der Waals surface area contributed by atoms with E-state index < -0.39 is 11.7 Å². The van der Waals surface area contributed by atoms with Gasteiger partial charge in [0.05, 0.1) is 22.8 Å². The van der Waals surface area contributed by atoms with Crippen LogP contribution in [0.5, 0.6) is 0 Å². The number of aromatic nitrogens is 1. The van der Waals surface area contributed by atoms with Crippen LogP contribution >= 0.6 is 11.8 Å². The van der Waals surface area contributed by atoms with Gasteiger partial charge in [-0.25, -0.2) is 4.39 Å². The Bertz CT molecular complexity index is 1230. The molecule has 4 rings (SSSR count). The smallest absolute Gasteiger partial charge is 0.293 e. The van der Waals surface area contributed by atoms with E-state index in [-0.39, 0.29) is 23.4 Å². The third kappa shape index (κ3) is 4.68. The highest BCUT2D eigenvalue weighted by Gasteiger charge is 2.35. The Morgan fingerprint density at radius 2 is 1.94 bits per heavy atom. The molecule has 3 aromatic rings. The minimum atomic E-state index is -0.493. The lowest BCUT2D eigenvalue weighted by atomic mass is 10.1. The van der Waals surface area contributed by atoms with Gasteiger partial charge in [-0.05, 0) is 65.4 Å². The van der Waals surface area contributed by atoms with Crippen LogP contribution in [0.15, 0.2) is 71.9 Å². The van der Waals surface area contributed by atoms with Crippen LogP contribution < -0.4 is 11.1 Å². The van der Waals surface area contributed by atoms with Crippen molar-refractivity contribution in [3.8, 4) is 0 Å². The maximum absolute atomic E-state index is 13.2. The number of hydrogen-bond acceptors (Lipinski definition) is 6. The maximum atomic E-state index is 13.2. The summed E-state index contributed by atoms with van der Waals surface area (Å²) in [6.45, 7) is 0.0852. The van der Waals surface area contributed by atoms with Crippen LogP contribution in [0.4, 0.5) is 20.6 Å². The molecule has 1 aliphatic rings. The van der Waals surface area contributed by atoms with Gasteiger partial charge in [-0.15, -0.1) is 0 Å². The molecule has 1 aromatic heterocycles. The van der Waals surface area contributed by atoms with Gasteiger partial charge in [0.1, 0.15) is 5.82 Å². The molecule has 0 spiro atoms. The first-order chi connectivity index (χ1) is 15.4. The fraction of sp³-hybridized carbons (Fsp3) is 0.0435. The molecule has 0 unspecified atom stereocenters. The van der Waals surface area contributed by atoms with Gasteiger partial charge in [0.2, 0.25) is 0 Å². The highest BCUT2D eigenvalue weighted by atomic mass is 32.2. The minimum absolute atomic E-state index is 0.0852. The number of rotatable bonds is 5. The van der Waals surface area contributed by atoms with Crippen LogP contribution in [-0.4, -0.2) is 26.9 Å². The second kappa shape index (κ2) is 9.03. The van der Waals surface area contributed by atoms with Crippen molar-refractivity contribution in [3.63, 3.8) is 0 Å². The zero-order chi connectivity index (χ0) is 22.7. The molecular weight excluding hydrogens is 431 g/mol. The Balaban J connectivity index is 1.43. The van der Waals surface area contributed by atoms with E-state index in [0.29, 0.717) is 21.7 Å². The molecule has 7 nitrogen and oxygen atoms in total. The van der Waals surface area contributed by atoms with Gasteiger partial charge < -0.3 is 11.1 Å². The third-order valence-corrected chi connectivity index (χ3v) is 5.58. The van der Waals surface area contributed by atoms with Crippen molar-refractivity contribution in [3.05, 3.63) is 94.4 Å². The highest BCUT2D eigenvalue weighted by molar-refractivity contribution is 8.18. The number of imide groups is 1. The Morgan fingerprint density at radius 1 is 1.16 bits per heavy atom. The molecule has 0 bridgehead atoms. The third-order valence-electron chi connectivity index (χ3n) is 4.67. The van der Waals surface area contributed by atoms with Crippen LogP contribution in [0, 0.1) is 5.82 Å². The quantitative estimate of drug-likeness (QED) is 0.446. The zero-order valence-corrected chi connectivity index (χ0v) is 17.4. The van der Waals surface area contributed by atoms with E-state index in [0.717, 1.165) is 28.3 Å². The average Bonchev–Trinajstić information content (AvgIpc) is 3.04. The van der Waals surface area contributed by atoms with Crippen molar-refractivity contribution in [2.24, 2.45) is 0 Å². The fourth-order valence-electron chi connectivity index (χ4n) is 3.04. The van der Waals surface area contributed by atoms with Crippen molar-refractivity contribution in [1.29, 1.82) is 0 Å². The number of carbonyl (C=O) groups excluding carboxylic acids is 3. The molecule has 3 amide bonds. The predicted molar refractivity (Wildman–Crippen MR) is 121 cm³/mol. The molecule has 0 radical (unpaired) electrons. The van der Waals surface area contributed by atoms with Crippen LogP contribution in [0.1, 0.15) is 21.5 Å². The van der Waals surface area contributed by atoms with Crippen LogP contribution in [0.25, 0.3) is 6.08 Å². The summed E-state index contributed by atoms with van der Waals surface area (Å²) in [5, 5.41) is 2.26. The average molecular weight is 448 g/mol. The predicted octanol–water partition coefficient (Wildman–Crippen LogP) is 4.29. The van der Waals surface area contributed by atoms with Crippen LogP contribution in [-0.2, 0) is 11.3 Å². The SMILES string of the molecule is Nc1cc(F)ccc1NC(=O)c1ccc(CN2C(=O)SC(=Cc3cccnc3)C2=O)cc1. The van der Waals surface area contributed by atoms with Gasteiger partial charge in [0, 0.05) is 18.0 Å².